The highest BCUT2D eigenvalue weighted by Gasteiger charge is 2.13. The fourth-order valence-electron chi connectivity index (χ4n) is 1.90. The summed E-state index contributed by atoms with van der Waals surface area (Å²) in [5, 5.41) is 15.4. The zero-order valence-electron chi connectivity index (χ0n) is 9.07. The Balaban J connectivity index is 1.87. The van der Waals surface area contributed by atoms with Gasteiger partial charge in [-0.05, 0) is 43.7 Å². The number of hydrogen-bond donors (Lipinski definition) is 3. The summed E-state index contributed by atoms with van der Waals surface area (Å²) in [5.74, 6) is -0.885. The van der Waals surface area contributed by atoms with Gasteiger partial charge in [0.1, 0.15) is 0 Å². The van der Waals surface area contributed by atoms with E-state index in [9.17, 15) is 4.79 Å². The molecular weight excluding hydrogens is 204 g/mol. The molecule has 1 saturated heterocycles. The number of carbonyl (C=O) groups is 1. The van der Waals surface area contributed by atoms with Gasteiger partial charge in [0.2, 0.25) is 0 Å². The van der Waals surface area contributed by atoms with E-state index in [2.05, 4.69) is 10.6 Å². The fraction of sp³-hybridized carbons (Fsp3) is 0.417. The second-order valence-corrected chi connectivity index (χ2v) is 4.06. The topological polar surface area (TPSA) is 61.4 Å². The fourth-order valence-corrected chi connectivity index (χ4v) is 1.90. The highest BCUT2D eigenvalue weighted by Crippen LogP contribution is 2.11. The molecule has 1 unspecified atom stereocenters. The van der Waals surface area contributed by atoms with Crippen molar-refractivity contribution in [3.05, 3.63) is 29.8 Å². The Morgan fingerprint density at radius 1 is 1.44 bits per heavy atom. The van der Waals surface area contributed by atoms with Crippen molar-refractivity contribution in [2.45, 2.75) is 18.9 Å². The molecule has 4 heteroatoms. The van der Waals surface area contributed by atoms with Crippen LogP contribution in [-0.4, -0.2) is 30.2 Å². The maximum absolute atomic E-state index is 10.6. The molecule has 1 aromatic rings. The van der Waals surface area contributed by atoms with E-state index in [1.807, 2.05) is 0 Å². The van der Waals surface area contributed by atoms with Crippen LogP contribution in [0.25, 0.3) is 0 Å². The largest absolute Gasteiger partial charge is 0.478 e. The van der Waals surface area contributed by atoms with Crippen molar-refractivity contribution in [3.63, 3.8) is 0 Å². The first kappa shape index (κ1) is 11.0. The molecule has 0 amide bonds. The van der Waals surface area contributed by atoms with Crippen LogP contribution in [0.5, 0.6) is 0 Å². The van der Waals surface area contributed by atoms with Gasteiger partial charge in [-0.2, -0.15) is 0 Å². The summed E-state index contributed by atoms with van der Waals surface area (Å²) in [5.41, 5.74) is 1.29. The molecule has 1 atom stereocenters. The number of anilines is 1. The average Bonchev–Trinajstić information content (AvgIpc) is 2.80. The third-order valence-corrected chi connectivity index (χ3v) is 2.85. The first-order chi connectivity index (χ1) is 7.75. The lowest BCUT2D eigenvalue weighted by molar-refractivity contribution is 0.0697. The molecule has 1 fully saturated rings. The van der Waals surface area contributed by atoms with Gasteiger partial charge in [0.15, 0.2) is 0 Å². The van der Waals surface area contributed by atoms with Crippen LogP contribution in [0.1, 0.15) is 23.2 Å². The molecule has 0 saturated carbocycles. The molecular formula is C12H16N2O2. The van der Waals surface area contributed by atoms with Gasteiger partial charge in [-0.3, -0.25) is 0 Å². The van der Waals surface area contributed by atoms with Crippen LogP contribution >= 0.6 is 0 Å². The zero-order valence-corrected chi connectivity index (χ0v) is 9.07. The van der Waals surface area contributed by atoms with E-state index in [1.165, 1.54) is 12.8 Å². The lowest BCUT2D eigenvalue weighted by Gasteiger charge is -2.12. The van der Waals surface area contributed by atoms with Gasteiger partial charge in [0.05, 0.1) is 5.56 Å². The van der Waals surface area contributed by atoms with E-state index < -0.39 is 5.97 Å². The standard InChI is InChI=1S/C12H16N2O2/c15-12(16)9-3-5-10(6-4-9)14-8-11-2-1-7-13-11/h3-6,11,13-14H,1-2,7-8H2,(H,15,16). The van der Waals surface area contributed by atoms with Crippen molar-refractivity contribution in [1.82, 2.24) is 5.32 Å². The molecule has 0 aromatic heterocycles. The molecule has 4 nitrogen and oxygen atoms in total. The van der Waals surface area contributed by atoms with Gasteiger partial charge in [-0.1, -0.05) is 0 Å². The van der Waals surface area contributed by atoms with Gasteiger partial charge in [0, 0.05) is 18.3 Å². The molecule has 0 radical (unpaired) electrons. The van der Waals surface area contributed by atoms with Crippen LogP contribution in [0.2, 0.25) is 0 Å². The van der Waals surface area contributed by atoms with Crippen LogP contribution in [-0.2, 0) is 0 Å². The van der Waals surface area contributed by atoms with Gasteiger partial charge in [-0.15, -0.1) is 0 Å². The Labute approximate surface area is 94.7 Å². The molecule has 1 aromatic carbocycles. The van der Waals surface area contributed by atoms with Crippen molar-refractivity contribution in [2.75, 3.05) is 18.4 Å². The Morgan fingerprint density at radius 3 is 2.75 bits per heavy atom. The third kappa shape index (κ3) is 2.73. The Morgan fingerprint density at radius 2 is 2.19 bits per heavy atom. The molecule has 1 aliphatic heterocycles. The van der Waals surface area contributed by atoms with Crippen molar-refractivity contribution < 1.29 is 9.90 Å². The van der Waals surface area contributed by atoms with Crippen LogP contribution in [0.3, 0.4) is 0 Å². The second-order valence-electron chi connectivity index (χ2n) is 4.06. The zero-order chi connectivity index (χ0) is 11.4. The quantitative estimate of drug-likeness (QED) is 0.720. The highest BCUT2D eigenvalue weighted by molar-refractivity contribution is 5.87. The number of rotatable bonds is 4. The summed E-state index contributed by atoms with van der Waals surface area (Å²) in [6.45, 7) is 2.00. The van der Waals surface area contributed by atoms with Crippen LogP contribution in [0.15, 0.2) is 24.3 Å². The number of nitrogens with one attached hydrogen (secondary N) is 2. The lowest BCUT2D eigenvalue weighted by atomic mass is 10.2. The Bertz CT molecular complexity index is 356. The summed E-state index contributed by atoms with van der Waals surface area (Å²) in [6, 6.07) is 7.38. The predicted molar refractivity (Wildman–Crippen MR) is 62.9 cm³/mol. The van der Waals surface area contributed by atoms with E-state index in [0.717, 1.165) is 18.8 Å². The predicted octanol–water partition coefficient (Wildman–Crippen LogP) is 1.55. The first-order valence-electron chi connectivity index (χ1n) is 5.56. The minimum atomic E-state index is -0.885. The summed E-state index contributed by atoms with van der Waals surface area (Å²) >= 11 is 0. The second kappa shape index (κ2) is 4.99. The molecule has 0 bridgehead atoms. The highest BCUT2D eigenvalue weighted by atomic mass is 16.4. The molecule has 1 heterocycles. The molecule has 2 rings (SSSR count). The molecule has 86 valence electrons. The SMILES string of the molecule is O=C(O)c1ccc(NCC2CCCN2)cc1. The minimum absolute atomic E-state index is 0.324. The summed E-state index contributed by atoms with van der Waals surface area (Å²) in [4.78, 5) is 10.6. The van der Waals surface area contributed by atoms with E-state index in [1.54, 1.807) is 24.3 Å². The van der Waals surface area contributed by atoms with Crippen LogP contribution in [0, 0.1) is 0 Å². The summed E-state index contributed by atoms with van der Waals surface area (Å²) in [6.07, 6.45) is 2.45. The van der Waals surface area contributed by atoms with E-state index >= 15 is 0 Å². The minimum Gasteiger partial charge on any atom is -0.478 e. The number of benzene rings is 1. The molecule has 0 aliphatic carbocycles. The van der Waals surface area contributed by atoms with E-state index in [4.69, 9.17) is 5.11 Å². The normalized spacial score (nSPS) is 19.6. The summed E-state index contributed by atoms with van der Waals surface area (Å²) in [7, 11) is 0. The average molecular weight is 220 g/mol. The molecule has 0 spiro atoms. The molecule has 16 heavy (non-hydrogen) atoms. The molecule has 3 N–H and O–H groups in total. The smallest absolute Gasteiger partial charge is 0.335 e. The number of hydrogen-bond acceptors (Lipinski definition) is 3. The van der Waals surface area contributed by atoms with Crippen molar-refractivity contribution in [1.29, 1.82) is 0 Å². The monoisotopic (exact) mass is 220 g/mol. The van der Waals surface area contributed by atoms with E-state index in [-0.39, 0.29) is 0 Å². The number of carboxylic acids is 1. The van der Waals surface area contributed by atoms with E-state index in [0.29, 0.717) is 11.6 Å². The Hall–Kier alpha value is -1.55. The van der Waals surface area contributed by atoms with Crippen LogP contribution in [0.4, 0.5) is 5.69 Å². The van der Waals surface area contributed by atoms with Crippen molar-refractivity contribution in [2.24, 2.45) is 0 Å². The maximum atomic E-state index is 10.6. The Kier molecular flexibility index (Phi) is 3.41. The van der Waals surface area contributed by atoms with Gasteiger partial charge in [0.25, 0.3) is 0 Å². The lowest BCUT2D eigenvalue weighted by Crippen LogP contribution is -2.29. The number of aromatic carboxylic acids is 1. The third-order valence-electron chi connectivity index (χ3n) is 2.85. The van der Waals surface area contributed by atoms with Crippen molar-refractivity contribution >= 4 is 11.7 Å². The van der Waals surface area contributed by atoms with Gasteiger partial charge in [-0.25, -0.2) is 4.79 Å². The van der Waals surface area contributed by atoms with Gasteiger partial charge < -0.3 is 15.7 Å². The van der Waals surface area contributed by atoms with Crippen LogP contribution < -0.4 is 10.6 Å². The van der Waals surface area contributed by atoms with Crippen molar-refractivity contribution in [3.8, 4) is 0 Å². The van der Waals surface area contributed by atoms with Gasteiger partial charge >= 0.3 is 5.97 Å². The first-order valence-corrected chi connectivity index (χ1v) is 5.56. The molecule has 1 aliphatic rings. The summed E-state index contributed by atoms with van der Waals surface area (Å²) < 4.78 is 0. The maximum Gasteiger partial charge on any atom is 0.335 e. The number of carboxylic acid groups (broad SMARTS) is 1.